The van der Waals surface area contributed by atoms with Gasteiger partial charge in [-0.1, -0.05) is 33.6 Å². The summed E-state index contributed by atoms with van der Waals surface area (Å²) in [7, 11) is 0. The molecule has 0 rings (SSSR count). The van der Waals surface area contributed by atoms with Crippen LogP contribution in [0.25, 0.3) is 0 Å². The molecule has 0 aliphatic carbocycles. The van der Waals surface area contributed by atoms with E-state index in [9.17, 15) is 19.8 Å². The molecule has 0 atom stereocenters. The fourth-order valence-corrected chi connectivity index (χ4v) is 1.50. The predicted molar refractivity (Wildman–Crippen MR) is 46.8 cm³/mol. The van der Waals surface area contributed by atoms with E-state index in [-0.39, 0.29) is 54.8 Å². The summed E-state index contributed by atoms with van der Waals surface area (Å²) in [5, 5.41) is 21.8. The Balaban J connectivity index is -0.000000845. The first-order valence-electron chi connectivity index (χ1n) is 4.82. The molecule has 0 fully saturated rings. The summed E-state index contributed by atoms with van der Waals surface area (Å²) in [6.07, 6.45) is 1.36. The Kier molecular flexibility index (Phi) is 13.0. The van der Waals surface area contributed by atoms with Gasteiger partial charge < -0.3 is 19.8 Å². The van der Waals surface area contributed by atoms with Gasteiger partial charge in [-0.3, -0.25) is 0 Å². The molecular weight excluding hydrogens is 214 g/mol. The summed E-state index contributed by atoms with van der Waals surface area (Å²) >= 11 is 0. The van der Waals surface area contributed by atoms with Gasteiger partial charge in [0, 0.05) is 0 Å². The molecular formula is C10H16LiNaO4. The molecule has 0 unspecified atom stereocenters. The molecule has 0 aliphatic rings. The third kappa shape index (κ3) is 4.81. The van der Waals surface area contributed by atoms with Crippen LogP contribution in [0.2, 0.25) is 0 Å². The smallest absolute Gasteiger partial charge is 0.549 e. The van der Waals surface area contributed by atoms with Crippen LogP contribution in [0.5, 0.6) is 0 Å². The molecule has 0 saturated heterocycles. The molecule has 16 heavy (non-hydrogen) atoms. The third-order valence-electron chi connectivity index (χ3n) is 2.64. The Morgan fingerprint density at radius 2 is 1.56 bits per heavy atom. The van der Waals surface area contributed by atoms with Crippen LogP contribution in [0.4, 0.5) is 0 Å². The van der Waals surface area contributed by atoms with E-state index in [0.29, 0.717) is 6.42 Å². The fraction of sp³-hybridized carbons (Fsp3) is 0.800. The Bertz CT molecular complexity index is 217. The first-order chi connectivity index (χ1) is 6.39. The van der Waals surface area contributed by atoms with E-state index in [2.05, 4.69) is 0 Å². The van der Waals surface area contributed by atoms with Crippen molar-refractivity contribution in [3.8, 4) is 0 Å². The molecule has 0 saturated carbocycles. The second kappa shape index (κ2) is 9.56. The van der Waals surface area contributed by atoms with Crippen molar-refractivity contribution >= 4 is 11.9 Å². The number of carbonyl (C=O) groups excluding carboxylic acids is 2. The average Bonchev–Trinajstić information content (AvgIpc) is 2.03. The van der Waals surface area contributed by atoms with Gasteiger partial charge in [-0.25, -0.2) is 0 Å². The molecule has 0 spiro atoms. The first kappa shape index (κ1) is 21.8. The average molecular weight is 230 g/mol. The van der Waals surface area contributed by atoms with Crippen LogP contribution in [0, 0.1) is 11.3 Å². The monoisotopic (exact) mass is 230 g/mol. The molecule has 0 aromatic heterocycles. The molecule has 0 aromatic rings. The Hall–Kier alpha value is 0.537. The minimum atomic E-state index is -1.84. The maximum Gasteiger partial charge on any atom is 1.00 e. The van der Waals surface area contributed by atoms with Gasteiger partial charge >= 0.3 is 48.4 Å². The Morgan fingerprint density at radius 1 is 1.19 bits per heavy atom. The molecule has 6 heteroatoms. The van der Waals surface area contributed by atoms with E-state index < -0.39 is 23.3 Å². The first-order valence-corrected chi connectivity index (χ1v) is 4.82. The summed E-state index contributed by atoms with van der Waals surface area (Å²) in [5.41, 5.74) is -1.84. The molecule has 0 aromatic carbocycles. The number of rotatable bonds is 6. The molecule has 82 valence electrons. The van der Waals surface area contributed by atoms with Crippen molar-refractivity contribution in [2.24, 2.45) is 11.3 Å². The van der Waals surface area contributed by atoms with Crippen molar-refractivity contribution in [2.45, 2.75) is 40.0 Å². The largest absolute Gasteiger partial charge is 1.00 e. The maximum absolute atomic E-state index is 10.9. The normalized spacial score (nSPS) is 10.2. The number of carboxylic acids is 2. The van der Waals surface area contributed by atoms with Gasteiger partial charge in [0.15, 0.2) is 0 Å². The van der Waals surface area contributed by atoms with Crippen LogP contribution in [-0.2, 0) is 9.59 Å². The van der Waals surface area contributed by atoms with Gasteiger partial charge in [0.05, 0.1) is 17.4 Å². The number of aliphatic carboxylic acids is 2. The van der Waals surface area contributed by atoms with Gasteiger partial charge in [-0.2, -0.15) is 0 Å². The fourth-order valence-electron chi connectivity index (χ4n) is 1.50. The van der Waals surface area contributed by atoms with E-state index in [4.69, 9.17) is 0 Å². The van der Waals surface area contributed by atoms with Crippen molar-refractivity contribution in [1.29, 1.82) is 0 Å². The second-order valence-corrected chi connectivity index (χ2v) is 3.80. The third-order valence-corrected chi connectivity index (χ3v) is 2.64. The zero-order valence-electron chi connectivity index (χ0n) is 10.8. The molecule has 0 N–H and O–H groups in total. The van der Waals surface area contributed by atoms with Crippen molar-refractivity contribution in [1.82, 2.24) is 0 Å². The van der Waals surface area contributed by atoms with Crippen LogP contribution in [0.3, 0.4) is 0 Å². The number of carboxylic acid groups (broad SMARTS) is 2. The minimum absolute atomic E-state index is 0. The molecule has 0 aliphatic heterocycles. The molecule has 4 nitrogen and oxygen atoms in total. The van der Waals surface area contributed by atoms with E-state index in [1.54, 1.807) is 13.8 Å². The van der Waals surface area contributed by atoms with E-state index in [0.717, 1.165) is 6.42 Å². The van der Waals surface area contributed by atoms with E-state index in [1.165, 1.54) is 0 Å². The van der Waals surface area contributed by atoms with Gasteiger partial charge in [-0.15, -0.1) is 0 Å². The number of carbonyl (C=O) groups is 2. The van der Waals surface area contributed by atoms with Gasteiger partial charge in [0.1, 0.15) is 0 Å². The topological polar surface area (TPSA) is 80.3 Å². The number of hydrogen-bond donors (Lipinski definition) is 0. The maximum atomic E-state index is 10.9. The quantitative estimate of drug-likeness (QED) is 0.335. The summed E-state index contributed by atoms with van der Waals surface area (Å²) < 4.78 is 0. The van der Waals surface area contributed by atoms with Crippen molar-refractivity contribution < 1.29 is 68.2 Å². The van der Waals surface area contributed by atoms with Gasteiger partial charge in [0.2, 0.25) is 0 Å². The Morgan fingerprint density at radius 3 is 1.75 bits per heavy atom. The summed E-state index contributed by atoms with van der Waals surface area (Å²) in [6, 6.07) is 0. The van der Waals surface area contributed by atoms with Crippen LogP contribution in [0.1, 0.15) is 40.0 Å². The van der Waals surface area contributed by atoms with Crippen molar-refractivity contribution in [3.05, 3.63) is 0 Å². The predicted octanol–water partition coefficient (Wildman–Crippen LogP) is -6.67. The second-order valence-electron chi connectivity index (χ2n) is 3.80. The van der Waals surface area contributed by atoms with Crippen LogP contribution < -0.4 is 58.6 Å². The standard InChI is InChI=1S/C10H18O4.Li.Na/c1-4-5-6-10(7(2)3,8(11)12)9(13)14;;/h7H,4-6H2,1-3H3,(H,11,12)(H,13,14);;/q;2*+1/p-2. The summed E-state index contributed by atoms with van der Waals surface area (Å²) in [5.74, 6) is -3.61. The summed E-state index contributed by atoms with van der Waals surface area (Å²) in [6.45, 7) is 4.98. The zero-order chi connectivity index (χ0) is 11.4. The van der Waals surface area contributed by atoms with Crippen LogP contribution in [0.15, 0.2) is 0 Å². The summed E-state index contributed by atoms with van der Waals surface area (Å²) in [4.78, 5) is 21.8. The zero-order valence-corrected chi connectivity index (χ0v) is 12.8. The number of unbranched alkanes of at least 4 members (excludes halogenated alkanes) is 1. The number of hydrogen-bond acceptors (Lipinski definition) is 4. The molecule has 0 heterocycles. The van der Waals surface area contributed by atoms with Crippen LogP contribution in [-0.4, -0.2) is 11.9 Å². The van der Waals surface area contributed by atoms with Crippen LogP contribution >= 0.6 is 0 Å². The molecule has 0 amide bonds. The Labute approximate surface area is 131 Å². The van der Waals surface area contributed by atoms with E-state index >= 15 is 0 Å². The van der Waals surface area contributed by atoms with E-state index in [1.807, 2.05) is 6.92 Å². The van der Waals surface area contributed by atoms with Gasteiger partial charge in [-0.05, 0) is 12.3 Å². The molecule has 0 radical (unpaired) electrons. The molecule has 0 bridgehead atoms. The SMILES string of the molecule is CCCCC(C(=O)[O-])(C(=O)[O-])C(C)C.[Li+].[Na+]. The van der Waals surface area contributed by atoms with Crippen molar-refractivity contribution in [3.63, 3.8) is 0 Å². The van der Waals surface area contributed by atoms with Crippen molar-refractivity contribution in [2.75, 3.05) is 0 Å². The van der Waals surface area contributed by atoms with Gasteiger partial charge in [0.25, 0.3) is 0 Å². The minimum Gasteiger partial charge on any atom is -0.549 e.